The Morgan fingerprint density at radius 3 is 2.75 bits per heavy atom. The molecule has 2 rings (SSSR count). The van der Waals surface area contributed by atoms with Crippen molar-refractivity contribution in [3.63, 3.8) is 0 Å². The second-order valence-corrected chi connectivity index (χ2v) is 4.24. The third-order valence-electron chi connectivity index (χ3n) is 2.49. The first kappa shape index (κ1) is 10.6. The normalized spacial score (nSPS) is 15.9. The van der Waals surface area contributed by atoms with E-state index in [4.69, 9.17) is 14.7 Å². The van der Waals surface area contributed by atoms with Crippen molar-refractivity contribution in [3.8, 4) is 17.6 Å². The van der Waals surface area contributed by atoms with E-state index in [1.807, 2.05) is 26.0 Å². The molecule has 3 nitrogen and oxygen atoms in total. The third kappa shape index (κ3) is 1.74. The zero-order chi connectivity index (χ0) is 11.8. The van der Waals surface area contributed by atoms with E-state index in [-0.39, 0.29) is 5.60 Å². The smallest absolute Gasteiger partial charge is 0.140 e. The van der Waals surface area contributed by atoms with Crippen LogP contribution in [0, 0.1) is 11.3 Å². The fourth-order valence-corrected chi connectivity index (χ4v) is 1.66. The molecule has 1 heterocycles. The van der Waals surface area contributed by atoms with Crippen molar-refractivity contribution in [2.45, 2.75) is 19.4 Å². The number of nitriles is 1. The van der Waals surface area contributed by atoms with Crippen molar-refractivity contribution in [1.29, 1.82) is 5.26 Å². The monoisotopic (exact) mass is 215 g/mol. The zero-order valence-electron chi connectivity index (χ0n) is 9.57. The summed E-state index contributed by atoms with van der Waals surface area (Å²) in [6, 6.07) is 5.64. The molecule has 1 aliphatic rings. The third-order valence-corrected chi connectivity index (χ3v) is 2.49. The van der Waals surface area contributed by atoms with Gasteiger partial charge in [-0.2, -0.15) is 5.26 Å². The molecular weight excluding hydrogens is 202 g/mol. The number of fused-ring (bicyclic) bond motifs is 1. The molecule has 16 heavy (non-hydrogen) atoms. The van der Waals surface area contributed by atoms with E-state index in [1.54, 1.807) is 19.2 Å². The van der Waals surface area contributed by atoms with Gasteiger partial charge in [0, 0.05) is 11.6 Å². The number of rotatable bonds is 1. The van der Waals surface area contributed by atoms with Gasteiger partial charge in [-0.1, -0.05) is 6.08 Å². The van der Waals surface area contributed by atoms with Crippen LogP contribution in [0.5, 0.6) is 11.5 Å². The molecule has 0 aliphatic carbocycles. The van der Waals surface area contributed by atoms with Gasteiger partial charge in [0.1, 0.15) is 23.2 Å². The number of methoxy groups -OCH3 is 1. The molecule has 1 aliphatic heterocycles. The number of hydrogen-bond acceptors (Lipinski definition) is 3. The molecule has 0 N–H and O–H groups in total. The highest BCUT2D eigenvalue weighted by atomic mass is 16.5. The van der Waals surface area contributed by atoms with Gasteiger partial charge in [-0.15, -0.1) is 0 Å². The van der Waals surface area contributed by atoms with Gasteiger partial charge in [0.25, 0.3) is 0 Å². The van der Waals surface area contributed by atoms with E-state index < -0.39 is 0 Å². The number of benzene rings is 1. The van der Waals surface area contributed by atoms with Gasteiger partial charge in [0.15, 0.2) is 0 Å². The molecule has 0 radical (unpaired) electrons. The van der Waals surface area contributed by atoms with Gasteiger partial charge in [-0.3, -0.25) is 0 Å². The van der Waals surface area contributed by atoms with E-state index in [0.29, 0.717) is 11.3 Å². The Morgan fingerprint density at radius 2 is 2.12 bits per heavy atom. The average Bonchev–Trinajstić information content (AvgIpc) is 2.26. The Hall–Kier alpha value is -1.95. The number of hydrogen-bond donors (Lipinski definition) is 0. The second kappa shape index (κ2) is 3.57. The highest BCUT2D eigenvalue weighted by Gasteiger charge is 2.23. The van der Waals surface area contributed by atoms with Crippen molar-refractivity contribution in [3.05, 3.63) is 29.3 Å². The Balaban J connectivity index is 2.54. The predicted octanol–water partition coefficient (Wildman–Crippen LogP) is 2.75. The van der Waals surface area contributed by atoms with Crippen LogP contribution in [0.3, 0.4) is 0 Å². The lowest BCUT2D eigenvalue weighted by molar-refractivity contribution is 0.158. The summed E-state index contributed by atoms with van der Waals surface area (Å²) >= 11 is 0. The van der Waals surface area contributed by atoms with Gasteiger partial charge in [0.2, 0.25) is 0 Å². The number of ether oxygens (including phenoxy) is 2. The first-order valence-corrected chi connectivity index (χ1v) is 5.06. The SMILES string of the molecule is COc1cc2c(cc1C#N)C=CC(C)(C)O2. The molecule has 0 saturated heterocycles. The van der Waals surface area contributed by atoms with Crippen molar-refractivity contribution in [1.82, 2.24) is 0 Å². The molecule has 0 spiro atoms. The molecule has 0 fully saturated rings. The number of nitrogens with zero attached hydrogens (tertiary/aromatic N) is 1. The minimum Gasteiger partial charge on any atom is -0.495 e. The van der Waals surface area contributed by atoms with Crippen molar-refractivity contribution in [2.24, 2.45) is 0 Å². The molecule has 0 saturated carbocycles. The van der Waals surface area contributed by atoms with E-state index in [9.17, 15) is 0 Å². The van der Waals surface area contributed by atoms with Gasteiger partial charge >= 0.3 is 0 Å². The van der Waals surface area contributed by atoms with Crippen LogP contribution in [0.4, 0.5) is 0 Å². The summed E-state index contributed by atoms with van der Waals surface area (Å²) in [4.78, 5) is 0. The van der Waals surface area contributed by atoms with Crippen LogP contribution in [0.15, 0.2) is 18.2 Å². The topological polar surface area (TPSA) is 42.2 Å². The summed E-state index contributed by atoms with van der Waals surface area (Å²) in [5, 5.41) is 8.96. The van der Waals surface area contributed by atoms with Gasteiger partial charge in [-0.05, 0) is 26.0 Å². The van der Waals surface area contributed by atoms with Crippen molar-refractivity contribution in [2.75, 3.05) is 7.11 Å². The minimum atomic E-state index is -0.313. The van der Waals surface area contributed by atoms with E-state index >= 15 is 0 Å². The lowest BCUT2D eigenvalue weighted by atomic mass is 10.0. The Kier molecular flexibility index (Phi) is 2.35. The van der Waals surface area contributed by atoms with E-state index in [2.05, 4.69) is 6.07 Å². The highest BCUT2D eigenvalue weighted by Crippen LogP contribution is 2.35. The molecule has 0 unspecified atom stereocenters. The Labute approximate surface area is 94.9 Å². The first-order chi connectivity index (χ1) is 7.55. The molecule has 0 bridgehead atoms. The quantitative estimate of drug-likeness (QED) is 0.723. The summed E-state index contributed by atoms with van der Waals surface area (Å²) in [6.07, 6.45) is 3.95. The van der Waals surface area contributed by atoms with Gasteiger partial charge in [-0.25, -0.2) is 0 Å². The van der Waals surface area contributed by atoms with Crippen LogP contribution in [0.1, 0.15) is 25.0 Å². The fraction of sp³-hybridized carbons (Fsp3) is 0.308. The Morgan fingerprint density at radius 1 is 1.38 bits per heavy atom. The molecule has 0 amide bonds. The van der Waals surface area contributed by atoms with E-state index in [1.165, 1.54) is 0 Å². The summed E-state index contributed by atoms with van der Waals surface area (Å²) in [5.74, 6) is 1.30. The fourth-order valence-electron chi connectivity index (χ4n) is 1.66. The van der Waals surface area contributed by atoms with Crippen molar-refractivity contribution >= 4 is 6.08 Å². The molecule has 0 aromatic heterocycles. The summed E-state index contributed by atoms with van der Waals surface area (Å²) in [6.45, 7) is 3.97. The van der Waals surface area contributed by atoms with Crippen LogP contribution >= 0.6 is 0 Å². The Bertz CT molecular complexity index is 495. The maximum absolute atomic E-state index is 8.96. The molecule has 3 heteroatoms. The van der Waals surface area contributed by atoms with Gasteiger partial charge in [0.05, 0.1) is 12.7 Å². The maximum Gasteiger partial charge on any atom is 0.140 e. The standard InChI is InChI=1S/C13H13NO2/c1-13(2)5-4-9-6-10(8-14)11(15-3)7-12(9)16-13/h4-7H,1-3H3. The van der Waals surface area contributed by atoms with Crippen LogP contribution in [0.25, 0.3) is 6.08 Å². The largest absolute Gasteiger partial charge is 0.495 e. The molecular formula is C13H13NO2. The highest BCUT2D eigenvalue weighted by molar-refractivity contribution is 5.66. The lowest BCUT2D eigenvalue weighted by Crippen LogP contribution is -2.27. The summed E-state index contributed by atoms with van der Waals surface area (Å²) in [7, 11) is 1.55. The predicted molar refractivity (Wildman–Crippen MR) is 61.5 cm³/mol. The van der Waals surface area contributed by atoms with Gasteiger partial charge < -0.3 is 9.47 Å². The zero-order valence-corrected chi connectivity index (χ0v) is 9.57. The van der Waals surface area contributed by atoms with Crippen molar-refractivity contribution < 1.29 is 9.47 Å². The minimum absolute atomic E-state index is 0.313. The average molecular weight is 215 g/mol. The lowest BCUT2D eigenvalue weighted by Gasteiger charge is -2.28. The van der Waals surface area contributed by atoms with Crippen LogP contribution in [-0.4, -0.2) is 12.7 Å². The summed E-state index contributed by atoms with van der Waals surface area (Å²) in [5.41, 5.74) is 1.12. The second-order valence-electron chi connectivity index (χ2n) is 4.24. The molecule has 1 aromatic carbocycles. The van der Waals surface area contributed by atoms with Crippen LogP contribution in [0.2, 0.25) is 0 Å². The molecule has 0 atom stereocenters. The molecule has 82 valence electrons. The van der Waals surface area contributed by atoms with Crippen LogP contribution in [-0.2, 0) is 0 Å². The first-order valence-electron chi connectivity index (χ1n) is 5.06. The molecule has 1 aromatic rings. The summed E-state index contributed by atoms with van der Waals surface area (Å²) < 4.78 is 10.9. The maximum atomic E-state index is 8.96. The van der Waals surface area contributed by atoms with Crippen LogP contribution < -0.4 is 9.47 Å². The van der Waals surface area contributed by atoms with E-state index in [0.717, 1.165) is 11.3 Å².